The van der Waals surface area contributed by atoms with Gasteiger partial charge in [-0.05, 0) is 37.7 Å². The third kappa shape index (κ3) is 3.80. The molecule has 2 heterocycles. The van der Waals surface area contributed by atoms with E-state index in [1.165, 1.54) is 12.0 Å². The Morgan fingerprint density at radius 2 is 2.24 bits per heavy atom. The number of ether oxygens (including phenoxy) is 1. The van der Waals surface area contributed by atoms with E-state index in [0.717, 1.165) is 0 Å². The number of aromatic nitrogens is 1. The molecule has 0 radical (unpaired) electrons. The molecule has 21 heavy (non-hydrogen) atoms. The van der Waals surface area contributed by atoms with Gasteiger partial charge in [0.05, 0.1) is 13.2 Å². The molecule has 0 fully saturated rings. The van der Waals surface area contributed by atoms with Gasteiger partial charge in [-0.3, -0.25) is 4.79 Å². The summed E-state index contributed by atoms with van der Waals surface area (Å²) in [5.41, 5.74) is 0.448. The molecular weight excluding hydrogens is 286 g/mol. The van der Waals surface area contributed by atoms with Crippen molar-refractivity contribution in [1.29, 1.82) is 0 Å². The predicted octanol–water partition coefficient (Wildman–Crippen LogP) is 2.18. The van der Waals surface area contributed by atoms with Gasteiger partial charge in [-0.25, -0.2) is 4.98 Å². The first-order valence-corrected chi connectivity index (χ1v) is 7.48. The van der Waals surface area contributed by atoms with E-state index in [1.807, 2.05) is 25.5 Å². The van der Waals surface area contributed by atoms with E-state index in [1.54, 1.807) is 29.7 Å². The SMILES string of the molecule is COc1ncccc1C(=O)NCC(c1cccs1)N(C)C. The van der Waals surface area contributed by atoms with Crippen LogP contribution in [-0.4, -0.2) is 43.5 Å². The van der Waals surface area contributed by atoms with Crippen LogP contribution in [0, 0.1) is 0 Å². The Morgan fingerprint density at radius 1 is 1.43 bits per heavy atom. The van der Waals surface area contributed by atoms with Gasteiger partial charge < -0.3 is 15.0 Å². The van der Waals surface area contributed by atoms with Crippen LogP contribution >= 0.6 is 11.3 Å². The molecule has 0 aromatic carbocycles. The predicted molar refractivity (Wildman–Crippen MR) is 83.9 cm³/mol. The third-order valence-corrected chi connectivity index (χ3v) is 4.13. The van der Waals surface area contributed by atoms with Crippen molar-refractivity contribution in [3.05, 3.63) is 46.3 Å². The molecule has 0 aliphatic carbocycles. The fourth-order valence-corrected chi connectivity index (χ4v) is 2.95. The molecule has 0 spiro atoms. The quantitative estimate of drug-likeness (QED) is 0.889. The van der Waals surface area contributed by atoms with Crippen LogP contribution in [0.4, 0.5) is 0 Å². The van der Waals surface area contributed by atoms with E-state index >= 15 is 0 Å². The highest BCUT2D eigenvalue weighted by atomic mass is 32.1. The van der Waals surface area contributed by atoms with E-state index in [9.17, 15) is 4.79 Å². The van der Waals surface area contributed by atoms with Crippen LogP contribution < -0.4 is 10.1 Å². The lowest BCUT2D eigenvalue weighted by Gasteiger charge is -2.23. The number of hydrogen-bond acceptors (Lipinski definition) is 5. The van der Waals surface area contributed by atoms with Crippen molar-refractivity contribution in [3.8, 4) is 5.88 Å². The first-order chi connectivity index (χ1) is 10.1. The molecule has 0 aliphatic heterocycles. The number of carbonyl (C=O) groups excluding carboxylic acids is 1. The minimum Gasteiger partial charge on any atom is -0.480 e. The van der Waals surface area contributed by atoms with Gasteiger partial charge in [0.2, 0.25) is 5.88 Å². The van der Waals surface area contributed by atoms with E-state index < -0.39 is 0 Å². The summed E-state index contributed by atoms with van der Waals surface area (Å²) in [7, 11) is 5.51. The Balaban J connectivity index is 2.06. The Hall–Kier alpha value is -1.92. The largest absolute Gasteiger partial charge is 0.480 e. The summed E-state index contributed by atoms with van der Waals surface area (Å²) in [4.78, 5) is 19.6. The van der Waals surface area contributed by atoms with Crippen LogP contribution in [0.2, 0.25) is 0 Å². The molecule has 1 N–H and O–H groups in total. The molecular formula is C15H19N3O2S. The lowest BCUT2D eigenvalue weighted by Crippen LogP contribution is -2.34. The molecule has 2 aromatic rings. The fourth-order valence-electron chi connectivity index (χ4n) is 2.03. The molecule has 5 nitrogen and oxygen atoms in total. The van der Waals surface area contributed by atoms with Crippen molar-refractivity contribution < 1.29 is 9.53 Å². The molecule has 1 atom stereocenters. The molecule has 0 bridgehead atoms. The first kappa shape index (κ1) is 15.5. The maximum Gasteiger partial charge on any atom is 0.256 e. The smallest absolute Gasteiger partial charge is 0.256 e. The highest BCUT2D eigenvalue weighted by Crippen LogP contribution is 2.22. The van der Waals surface area contributed by atoms with Crippen molar-refractivity contribution in [2.24, 2.45) is 0 Å². The van der Waals surface area contributed by atoms with E-state index in [0.29, 0.717) is 18.0 Å². The van der Waals surface area contributed by atoms with Crippen LogP contribution in [0.15, 0.2) is 35.8 Å². The van der Waals surface area contributed by atoms with Gasteiger partial charge in [0.1, 0.15) is 5.56 Å². The molecule has 2 rings (SSSR count). The average Bonchev–Trinajstić information content (AvgIpc) is 3.01. The summed E-state index contributed by atoms with van der Waals surface area (Å²) in [6, 6.07) is 7.67. The summed E-state index contributed by atoms with van der Waals surface area (Å²) < 4.78 is 5.11. The minimum absolute atomic E-state index is 0.150. The van der Waals surface area contributed by atoms with Gasteiger partial charge in [-0.2, -0.15) is 0 Å². The Kier molecular flexibility index (Phi) is 5.30. The number of carbonyl (C=O) groups is 1. The lowest BCUT2D eigenvalue weighted by atomic mass is 10.2. The van der Waals surface area contributed by atoms with Crippen LogP contribution in [0.5, 0.6) is 5.88 Å². The number of likely N-dealkylation sites (N-methyl/N-ethyl adjacent to an activating group) is 1. The highest BCUT2D eigenvalue weighted by molar-refractivity contribution is 7.10. The summed E-state index contributed by atoms with van der Waals surface area (Å²) in [5.74, 6) is 0.163. The second kappa shape index (κ2) is 7.19. The van der Waals surface area contributed by atoms with Gasteiger partial charge in [-0.15, -0.1) is 11.3 Å². The fraction of sp³-hybridized carbons (Fsp3) is 0.333. The van der Waals surface area contributed by atoms with Crippen LogP contribution in [0.25, 0.3) is 0 Å². The number of thiophene rings is 1. The molecule has 1 unspecified atom stereocenters. The van der Waals surface area contributed by atoms with Crippen molar-refractivity contribution in [1.82, 2.24) is 15.2 Å². The number of methoxy groups -OCH3 is 1. The number of amides is 1. The van der Waals surface area contributed by atoms with E-state index in [2.05, 4.69) is 21.3 Å². The highest BCUT2D eigenvalue weighted by Gasteiger charge is 2.18. The van der Waals surface area contributed by atoms with Gasteiger partial charge in [0.15, 0.2) is 0 Å². The van der Waals surface area contributed by atoms with Crippen molar-refractivity contribution in [2.45, 2.75) is 6.04 Å². The number of hydrogen-bond donors (Lipinski definition) is 1. The summed E-state index contributed by atoms with van der Waals surface area (Å²) in [6.45, 7) is 0.532. The standard InChI is InChI=1S/C15H19N3O2S/c1-18(2)12(13-7-5-9-21-13)10-17-14(19)11-6-4-8-16-15(11)20-3/h4-9,12H,10H2,1-3H3,(H,17,19). The van der Waals surface area contributed by atoms with E-state index in [-0.39, 0.29) is 11.9 Å². The van der Waals surface area contributed by atoms with Crippen LogP contribution in [0.3, 0.4) is 0 Å². The normalized spacial score (nSPS) is 12.2. The van der Waals surface area contributed by atoms with E-state index in [4.69, 9.17) is 4.74 Å². The van der Waals surface area contributed by atoms with Gasteiger partial charge in [0, 0.05) is 17.6 Å². The zero-order chi connectivity index (χ0) is 15.2. The summed E-state index contributed by atoms with van der Waals surface area (Å²) >= 11 is 1.68. The Morgan fingerprint density at radius 3 is 2.86 bits per heavy atom. The Labute approximate surface area is 128 Å². The van der Waals surface area contributed by atoms with Crippen molar-refractivity contribution in [2.75, 3.05) is 27.7 Å². The van der Waals surface area contributed by atoms with Gasteiger partial charge >= 0.3 is 0 Å². The van der Waals surface area contributed by atoms with Crippen LogP contribution in [0.1, 0.15) is 21.3 Å². The second-order valence-electron chi connectivity index (χ2n) is 4.77. The topological polar surface area (TPSA) is 54.5 Å². The van der Waals surface area contributed by atoms with Crippen LogP contribution in [-0.2, 0) is 0 Å². The maximum absolute atomic E-state index is 12.3. The number of nitrogens with one attached hydrogen (secondary N) is 1. The molecule has 2 aromatic heterocycles. The minimum atomic E-state index is -0.177. The monoisotopic (exact) mass is 305 g/mol. The number of rotatable bonds is 6. The zero-order valence-corrected chi connectivity index (χ0v) is 13.2. The second-order valence-corrected chi connectivity index (χ2v) is 5.74. The molecule has 6 heteroatoms. The Bertz CT molecular complexity index is 584. The van der Waals surface area contributed by atoms with Crippen molar-refractivity contribution in [3.63, 3.8) is 0 Å². The van der Waals surface area contributed by atoms with Crippen molar-refractivity contribution >= 4 is 17.2 Å². The first-order valence-electron chi connectivity index (χ1n) is 6.60. The average molecular weight is 305 g/mol. The molecule has 1 amide bonds. The summed E-state index contributed by atoms with van der Waals surface area (Å²) in [6.07, 6.45) is 1.60. The zero-order valence-electron chi connectivity index (χ0n) is 12.4. The molecule has 0 saturated heterocycles. The van der Waals surface area contributed by atoms with Gasteiger partial charge in [-0.1, -0.05) is 6.07 Å². The number of pyridine rings is 1. The summed E-state index contributed by atoms with van der Waals surface area (Å²) in [5, 5.41) is 4.99. The third-order valence-electron chi connectivity index (χ3n) is 3.16. The van der Waals surface area contributed by atoms with Gasteiger partial charge in [0.25, 0.3) is 5.91 Å². The molecule has 112 valence electrons. The number of nitrogens with zero attached hydrogens (tertiary/aromatic N) is 2. The maximum atomic E-state index is 12.3. The lowest BCUT2D eigenvalue weighted by molar-refractivity contribution is 0.0938. The molecule has 0 aliphatic rings. The molecule has 0 saturated carbocycles.